The Hall–Kier alpha value is -2.78. The summed E-state index contributed by atoms with van der Waals surface area (Å²) >= 11 is 12.6. The summed E-state index contributed by atoms with van der Waals surface area (Å²) in [6.45, 7) is -0.972. The van der Waals surface area contributed by atoms with Crippen LogP contribution in [0.2, 0.25) is 10.0 Å². The lowest BCUT2D eigenvalue weighted by atomic mass is 9.87. The van der Waals surface area contributed by atoms with Gasteiger partial charge in [-0.3, -0.25) is 0 Å². The molecule has 200 valence electrons. The van der Waals surface area contributed by atoms with Crippen LogP contribution in [0.5, 0.6) is 5.75 Å². The summed E-state index contributed by atoms with van der Waals surface area (Å²) in [6.07, 6.45) is 7.09. The normalized spacial score (nSPS) is 16.6. The third-order valence-electron chi connectivity index (χ3n) is 6.84. The Labute approximate surface area is 224 Å². The first-order chi connectivity index (χ1) is 17.6. The molecule has 3 N–H and O–H groups in total. The lowest BCUT2D eigenvalue weighted by Crippen LogP contribution is -2.43. The van der Waals surface area contributed by atoms with Gasteiger partial charge in [0.05, 0.1) is 32.9 Å². The van der Waals surface area contributed by atoms with E-state index in [1.54, 1.807) is 24.5 Å². The molecule has 1 aliphatic rings. The van der Waals surface area contributed by atoms with Crippen molar-refractivity contribution in [2.45, 2.75) is 63.6 Å². The van der Waals surface area contributed by atoms with Gasteiger partial charge in [-0.2, -0.15) is 8.78 Å². The molecular formula is C26H30Cl2F2N4O3. The number of fused-ring (bicyclic) bond motifs is 1. The molecule has 4 rings (SSSR count). The van der Waals surface area contributed by atoms with E-state index < -0.39 is 18.2 Å². The standard InChI is InChI=1S/C26H30Cl2F2N4O3/c1-26(14-36-25(31)35,33-17-6-8-19(9-7-17)37-24(29)30)13-18(10-16-4-2-3-5-16)34-15-32-22-11-20(27)21(28)12-23(22)34/h6-9,11-12,15-16,18,24,33H,2-5,10,13-14H2,1H3,(H2,31,35). The molecule has 2 atom stereocenters. The molecule has 0 spiro atoms. The van der Waals surface area contributed by atoms with E-state index in [2.05, 4.69) is 19.6 Å². The molecule has 0 bridgehead atoms. The zero-order valence-electron chi connectivity index (χ0n) is 20.4. The number of primary amides is 1. The molecule has 1 heterocycles. The maximum Gasteiger partial charge on any atom is 0.404 e. The minimum atomic E-state index is -2.90. The highest BCUT2D eigenvalue weighted by atomic mass is 35.5. The predicted molar refractivity (Wildman–Crippen MR) is 141 cm³/mol. The van der Waals surface area contributed by atoms with Crippen molar-refractivity contribution in [2.75, 3.05) is 11.9 Å². The van der Waals surface area contributed by atoms with Crippen LogP contribution in [0.25, 0.3) is 11.0 Å². The number of benzene rings is 2. The number of carbonyl (C=O) groups excluding carboxylic acids is 1. The Kier molecular flexibility index (Phi) is 8.64. The SMILES string of the molecule is CC(COC(N)=O)(CC(CC1CCCC1)n1cnc2cc(Cl)c(Cl)cc21)Nc1ccc(OC(F)F)cc1. The highest BCUT2D eigenvalue weighted by molar-refractivity contribution is 6.42. The average molecular weight is 555 g/mol. The van der Waals surface area contributed by atoms with Crippen LogP contribution < -0.4 is 15.8 Å². The predicted octanol–water partition coefficient (Wildman–Crippen LogP) is 7.42. The number of imidazole rings is 1. The summed E-state index contributed by atoms with van der Waals surface area (Å²) in [5, 5.41) is 4.30. The number of ether oxygens (including phenoxy) is 2. The van der Waals surface area contributed by atoms with Crippen LogP contribution in [-0.4, -0.2) is 34.4 Å². The van der Waals surface area contributed by atoms with Gasteiger partial charge >= 0.3 is 12.7 Å². The molecule has 1 aliphatic carbocycles. The first kappa shape index (κ1) is 27.3. The largest absolute Gasteiger partial charge is 0.447 e. The molecule has 0 saturated heterocycles. The van der Waals surface area contributed by atoms with Crippen molar-refractivity contribution in [2.24, 2.45) is 11.7 Å². The zero-order chi connectivity index (χ0) is 26.6. The summed E-state index contributed by atoms with van der Waals surface area (Å²) in [7, 11) is 0. The van der Waals surface area contributed by atoms with Gasteiger partial charge in [0.2, 0.25) is 0 Å². The van der Waals surface area contributed by atoms with E-state index in [1.165, 1.54) is 25.0 Å². The first-order valence-corrected chi connectivity index (χ1v) is 12.9. The lowest BCUT2D eigenvalue weighted by Gasteiger charge is -2.36. The number of alkyl halides is 2. The maximum absolute atomic E-state index is 12.6. The second-order valence-corrected chi connectivity index (χ2v) is 10.7. The van der Waals surface area contributed by atoms with Gasteiger partial charge in [0.15, 0.2) is 0 Å². The van der Waals surface area contributed by atoms with Crippen molar-refractivity contribution in [1.82, 2.24) is 9.55 Å². The van der Waals surface area contributed by atoms with Gasteiger partial charge in [-0.05, 0) is 62.1 Å². The highest BCUT2D eigenvalue weighted by Gasteiger charge is 2.33. The smallest absolute Gasteiger partial charge is 0.404 e. The number of carbonyl (C=O) groups is 1. The van der Waals surface area contributed by atoms with Gasteiger partial charge in [-0.25, -0.2) is 9.78 Å². The van der Waals surface area contributed by atoms with Crippen LogP contribution in [0.4, 0.5) is 19.3 Å². The minimum absolute atomic E-state index is 0.00198. The Balaban J connectivity index is 1.65. The van der Waals surface area contributed by atoms with Crippen molar-refractivity contribution in [3.63, 3.8) is 0 Å². The van der Waals surface area contributed by atoms with E-state index in [9.17, 15) is 13.6 Å². The Bertz CT molecular complexity index is 1220. The highest BCUT2D eigenvalue weighted by Crippen LogP contribution is 2.39. The average Bonchev–Trinajstić information content (AvgIpc) is 3.49. The van der Waals surface area contributed by atoms with Crippen LogP contribution in [0.3, 0.4) is 0 Å². The lowest BCUT2D eigenvalue weighted by molar-refractivity contribution is -0.0498. The zero-order valence-corrected chi connectivity index (χ0v) is 21.9. The summed E-state index contributed by atoms with van der Waals surface area (Å²) in [5.41, 5.74) is 6.81. The van der Waals surface area contributed by atoms with Crippen LogP contribution in [0, 0.1) is 5.92 Å². The maximum atomic E-state index is 12.6. The van der Waals surface area contributed by atoms with Gasteiger partial charge in [-0.1, -0.05) is 48.9 Å². The number of anilines is 1. The number of nitrogens with two attached hydrogens (primary N) is 1. The van der Waals surface area contributed by atoms with Crippen molar-refractivity contribution >= 4 is 46.0 Å². The number of rotatable bonds is 11. The molecule has 2 unspecified atom stereocenters. The Morgan fingerprint density at radius 2 is 1.89 bits per heavy atom. The quantitative estimate of drug-likeness (QED) is 0.257. The number of nitrogens with zero attached hydrogens (tertiary/aromatic N) is 2. The van der Waals surface area contributed by atoms with Gasteiger partial charge in [-0.15, -0.1) is 0 Å². The molecular weight excluding hydrogens is 525 g/mol. The summed E-state index contributed by atoms with van der Waals surface area (Å²) in [5.74, 6) is 0.604. The number of nitrogens with one attached hydrogen (secondary N) is 1. The fourth-order valence-electron chi connectivity index (χ4n) is 5.20. The second-order valence-electron chi connectivity index (χ2n) is 9.85. The molecule has 2 aromatic carbocycles. The number of hydrogen-bond donors (Lipinski definition) is 2. The summed E-state index contributed by atoms with van der Waals surface area (Å²) in [6, 6.07) is 9.74. The van der Waals surface area contributed by atoms with E-state index in [0.29, 0.717) is 28.1 Å². The van der Waals surface area contributed by atoms with Crippen LogP contribution in [0.15, 0.2) is 42.7 Å². The summed E-state index contributed by atoms with van der Waals surface area (Å²) < 4.78 is 36.9. The number of hydrogen-bond acceptors (Lipinski definition) is 5. The van der Waals surface area contributed by atoms with Gasteiger partial charge in [0.25, 0.3) is 0 Å². The van der Waals surface area contributed by atoms with Gasteiger partial charge in [0.1, 0.15) is 12.4 Å². The monoisotopic (exact) mass is 554 g/mol. The molecule has 1 aromatic heterocycles. The third kappa shape index (κ3) is 7.17. The molecule has 1 amide bonds. The molecule has 3 aromatic rings. The molecule has 11 heteroatoms. The molecule has 1 fully saturated rings. The van der Waals surface area contributed by atoms with Crippen LogP contribution in [-0.2, 0) is 4.74 Å². The molecule has 1 saturated carbocycles. The second kappa shape index (κ2) is 11.7. The minimum Gasteiger partial charge on any atom is -0.447 e. The van der Waals surface area contributed by atoms with Gasteiger partial charge < -0.3 is 25.1 Å². The van der Waals surface area contributed by atoms with E-state index in [4.69, 9.17) is 33.7 Å². The van der Waals surface area contributed by atoms with Crippen LogP contribution in [0.1, 0.15) is 51.5 Å². The fourth-order valence-corrected chi connectivity index (χ4v) is 5.52. The number of halogens is 4. The van der Waals surface area contributed by atoms with Crippen molar-refractivity contribution in [3.05, 3.63) is 52.8 Å². The van der Waals surface area contributed by atoms with Crippen LogP contribution >= 0.6 is 23.2 Å². The third-order valence-corrected chi connectivity index (χ3v) is 7.56. The number of aromatic nitrogens is 2. The molecule has 7 nitrogen and oxygen atoms in total. The van der Waals surface area contributed by atoms with E-state index in [0.717, 1.165) is 30.3 Å². The molecule has 0 radical (unpaired) electrons. The Morgan fingerprint density at radius 3 is 2.54 bits per heavy atom. The van der Waals surface area contributed by atoms with Crippen molar-refractivity contribution < 1.29 is 23.0 Å². The van der Waals surface area contributed by atoms with Crippen molar-refractivity contribution in [3.8, 4) is 5.75 Å². The first-order valence-electron chi connectivity index (χ1n) is 12.2. The number of amides is 1. The van der Waals surface area contributed by atoms with E-state index >= 15 is 0 Å². The van der Waals surface area contributed by atoms with E-state index in [1.807, 2.05) is 13.0 Å². The topological polar surface area (TPSA) is 91.4 Å². The fraction of sp³-hybridized carbons (Fsp3) is 0.462. The van der Waals surface area contributed by atoms with E-state index in [-0.39, 0.29) is 18.4 Å². The Morgan fingerprint density at radius 1 is 1.22 bits per heavy atom. The summed E-state index contributed by atoms with van der Waals surface area (Å²) in [4.78, 5) is 16.1. The molecule has 0 aliphatic heterocycles. The molecule has 37 heavy (non-hydrogen) atoms. The van der Waals surface area contributed by atoms with Gasteiger partial charge in [0, 0.05) is 11.7 Å². The van der Waals surface area contributed by atoms with Crippen molar-refractivity contribution in [1.29, 1.82) is 0 Å².